The fourth-order valence-electron chi connectivity index (χ4n) is 1.74. The first-order valence-corrected chi connectivity index (χ1v) is 4.53. The summed E-state index contributed by atoms with van der Waals surface area (Å²) in [6, 6.07) is 0. The molecule has 0 amide bonds. The second kappa shape index (κ2) is 3.90. The second-order valence-corrected chi connectivity index (χ2v) is 3.35. The molecule has 0 spiro atoms. The zero-order valence-electron chi connectivity index (χ0n) is 7.51. The lowest BCUT2D eigenvalue weighted by Gasteiger charge is -2.21. The van der Waals surface area contributed by atoms with Crippen molar-refractivity contribution in [1.82, 2.24) is 0 Å². The SMILES string of the molecule is CC[C@]1(CCCO)CCOC1=O. The maximum Gasteiger partial charge on any atom is 0.312 e. The van der Waals surface area contributed by atoms with Crippen LogP contribution in [0.1, 0.15) is 32.6 Å². The predicted molar refractivity (Wildman–Crippen MR) is 44.6 cm³/mol. The predicted octanol–water partition coefficient (Wildman–Crippen LogP) is 1.10. The lowest BCUT2D eigenvalue weighted by atomic mass is 9.79. The smallest absolute Gasteiger partial charge is 0.312 e. The average Bonchev–Trinajstić information content (AvgIpc) is 2.45. The number of ether oxygens (including phenoxy) is 1. The van der Waals surface area contributed by atoms with E-state index in [-0.39, 0.29) is 18.0 Å². The van der Waals surface area contributed by atoms with E-state index in [1.807, 2.05) is 6.92 Å². The minimum absolute atomic E-state index is 0.0709. The molecule has 70 valence electrons. The van der Waals surface area contributed by atoms with Crippen molar-refractivity contribution < 1.29 is 14.6 Å². The van der Waals surface area contributed by atoms with Crippen molar-refractivity contribution in [2.24, 2.45) is 5.41 Å². The summed E-state index contributed by atoms with van der Waals surface area (Å²) in [7, 11) is 0. The molecule has 0 bridgehead atoms. The van der Waals surface area contributed by atoms with Crippen LogP contribution in [0.25, 0.3) is 0 Å². The average molecular weight is 172 g/mol. The fraction of sp³-hybridized carbons (Fsp3) is 0.889. The van der Waals surface area contributed by atoms with E-state index in [9.17, 15) is 4.79 Å². The van der Waals surface area contributed by atoms with E-state index < -0.39 is 0 Å². The van der Waals surface area contributed by atoms with Crippen LogP contribution < -0.4 is 0 Å². The standard InChI is InChI=1S/C9H16O3/c1-2-9(4-3-6-10)5-7-12-8(9)11/h10H,2-7H2,1H3/t9-/m0/s1. The van der Waals surface area contributed by atoms with Gasteiger partial charge in [-0.3, -0.25) is 4.79 Å². The lowest BCUT2D eigenvalue weighted by Crippen LogP contribution is -2.25. The Morgan fingerprint density at radius 3 is 2.83 bits per heavy atom. The molecule has 0 unspecified atom stereocenters. The summed E-state index contributed by atoms with van der Waals surface area (Å²) in [6.07, 6.45) is 3.11. The highest BCUT2D eigenvalue weighted by molar-refractivity contribution is 5.78. The van der Waals surface area contributed by atoms with Gasteiger partial charge < -0.3 is 9.84 Å². The third-order valence-corrected chi connectivity index (χ3v) is 2.74. The molecule has 0 aromatic carbocycles. The van der Waals surface area contributed by atoms with Crippen LogP contribution in [0.5, 0.6) is 0 Å². The largest absolute Gasteiger partial charge is 0.465 e. The van der Waals surface area contributed by atoms with E-state index in [0.29, 0.717) is 13.0 Å². The summed E-state index contributed by atoms with van der Waals surface area (Å²) in [5.74, 6) is -0.0709. The van der Waals surface area contributed by atoms with Crippen molar-refractivity contribution in [3.63, 3.8) is 0 Å². The molecule has 1 saturated heterocycles. The van der Waals surface area contributed by atoms with Crippen LogP contribution in [0.2, 0.25) is 0 Å². The molecule has 12 heavy (non-hydrogen) atoms. The number of hydrogen-bond donors (Lipinski definition) is 1. The maximum absolute atomic E-state index is 11.3. The quantitative estimate of drug-likeness (QED) is 0.646. The Kier molecular flexibility index (Phi) is 3.09. The van der Waals surface area contributed by atoms with E-state index in [0.717, 1.165) is 19.3 Å². The van der Waals surface area contributed by atoms with Gasteiger partial charge in [0.1, 0.15) is 0 Å². The van der Waals surface area contributed by atoms with Crippen LogP contribution in [0.4, 0.5) is 0 Å². The second-order valence-electron chi connectivity index (χ2n) is 3.35. The zero-order chi connectivity index (χ0) is 9.03. The van der Waals surface area contributed by atoms with Gasteiger partial charge in [-0.2, -0.15) is 0 Å². The molecule has 0 aromatic heterocycles. The number of carbonyl (C=O) groups is 1. The van der Waals surface area contributed by atoms with Gasteiger partial charge in [0, 0.05) is 6.61 Å². The minimum atomic E-state index is -0.275. The molecular formula is C9H16O3. The summed E-state index contributed by atoms with van der Waals surface area (Å²) in [6.45, 7) is 2.72. The van der Waals surface area contributed by atoms with Crippen molar-refractivity contribution in [2.75, 3.05) is 13.2 Å². The lowest BCUT2D eigenvalue weighted by molar-refractivity contribution is -0.146. The molecule has 1 fully saturated rings. The Bertz CT molecular complexity index is 167. The van der Waals surface area contributed by atoms with E-state index in [1.54, 1.807) is 0 Å². The molecule has 0 radical (unpaired) electrons. The molecule has 1 aliphatic rings. The molecule has 1 rings (SSSR count). The van der Waals surface area contributed by atoms with Gasteiger partial charge in [0.05, 0.1) is 12.0 Å². The van der Waals surface area contributed by atoms with Gasteiger partial charge in [0.25, 0.3) is 0 Å². The van der Waals surface area contributed by atoms with E-state index in [2.05, 4.69) is 0 Å². The van der Waals surface area contributed by atoms with Crippen LogP contribution in [-0.4, -0.2) is 24.3 Å². The molecule has 0 aromatic rings. The number of rotatable bonds is 4. The third kappa shape index (κ3) is 1.61. The highest BCUT2D eigenvalue weighted by Crippen LogP contribution is 2.37. The minimum Gasteiger partial charge on any atom is -0.465 e. The Balaban J connectivity index is 2.55. The summed E-state index contributed by atoms with van der Waals surface area (Å²) < 4.78 is 4.94. The zero-order valence-corrected chi connectivity index (χ0v) is 7.51. The van der Waals surface area contributed by atoms with Crippen molar-refractivity contribution in [2.45, 2.75) is 32.6 Å². The van der Waals surface area contributed by atoms with Gasteiger partial charge >= 0.3 is 5.97 Å². The first-order valence-electron chi connectivity index (χ1n) is 4.53. The van der Waals surface area contributed by atoms with Crippen molar-refractivity contribution >= 4 is 5.97 Å². The Morgan fingerprint density at radius 2 is 2.42 bits per heavy atom. The Morgan fingerprint density at radius 1 is 1.67 bits per heavy atom. The van der Waals surface area contributed by atoms with Crippen LogP contribution >= 0.6 is 0 Å². The molecule has 1 heterocycles. The van der Waals surface area contributed by atoms with Gasteiger partial charge in [0.15, 0.2) is 0 Å². The number of hydrogen-bond acceptors (Lipinski definition) is 3. The first kappa shape index (κ1) is 9.52. The molecule has 3 heteroatoms. The Labute approximate surface area is 72.7 Å². The number of cyclic esters (lactones) is 1. The first-order chi connectivity index (χ1) is 5.75. The summed E-state index contributed by atoms with van der Waals surface area (Å²) in [5.41, 5.74) is -0.275. The topological polar surface area (TPSA) is 46.5 Å². The number of esters is 1. The normalized spacial score (nSPS) is 29.0. The molecule has 1 aliphatic heterocycles. The molecular weight excluding hydrogens is 156 g/mol. The highest BCUT2D eigenvalue weighted by atomic mass is 16.5. The summed E-state index contributed by atoms with van der Waals surface area (Å²) in [4.78, 5) is 11.3. The highest BCUT2D eigenvalue weighted by Gasteiger charge is 2.41. The van der Waals surface area contributed by atoms with Crippen molar-refractivity contribution in [3.8, 4) is 0 Å². The summed E-state index contributed by atoms with van der Waals surface area (Å²) in [5, 5.41) is 8.67. The Hall–Kier alpha value is -0.570. The third-order valence-electron chi connectivity index (χ3n) is 2.74. The molecule has 3 nitrogen and oxygen atoms in total. The molecule has 1 atom stereocenters. The number of carbonyl (C=O) groups excluding carboxylic acids is 1. The van der Waals surface area contributed by atoms with Crippen LogP contribution in [0.3, 0.4) is 0 Å². The van der Waals surface area contributed by atoms with Gasteiger partial charge in [-0.15, -0.1) is 0 Å². The molecule has 0 aliphatic carbocycles. The maximum atomic E-state index is 11.3. The van der Waals surface area contributed by atoms with Crippen molar-refractivity contribution in [3.05, 3.63) is 0 Å². The number of aliphatic hydroxyl groups is 1. The fourth-order valence-corrected chi connectivity index (χ4v) is 1.74. The van der Waals surface area contributed by atoms with Crippen LogP contribution in [-0.2, 0) is 9.53 Å². The van der Waals surface area contributed by atoms with E-state index in [1.165, 1.54) is 0 Å². The van der Waals surface area contributed by atoms with Gasteiger partial charge in [-0.25, -0.2) is 0 Å². The van der Waals surface area contributed by atoms with Gasteiger partial charge in [-0.05, 0) is 25.7 Å². The van der Waals surface area contributed by atoms with Gasteiger partial charge in [0.2, 0.25) is 0 Å². The molecule has 1 N–H and O–H groups in total. The van der Waals surface area contributed by atoms with Crippen molar-refractivity contribution in [1.29, 1.82) is 0 Å². The van der Waals surface area contributed by atoms with E-state index >= 15 is 0 Å². The van der Waals surface area contributed by atoms with Crippen LogP contribution in [0, 0.1) is 5.41 Å². The molecule has 0 saturated carbocycles. The summed E-state index contributed by atoms with van der Waals surface area (Å²) >= 11 is 0. The van der Waals surface area contributed by atoms with Crippen LogP contribution in [0.15, 0.2) is 0 Å². The monoisotopic (exact) mass is 172 g/mol. The number of aliphatic hydroxyl groups excluding tert-OH is 1. The van der Waals surface area contributed by atoms with E-state index in [4.69, 9.17) is 9.84 Å². The van der Waals surface area contributed by atoms with Gasteiger partial charge in [-0.1, -0.05) is 6.92 Å².